The molecule has 0 rings (SSSR count). The molecule has 0 aromatic carbocycles. The van der Waals surface area contributed by atoms with Crippen LogP contribution < -0.4 is 10.6 Å². The number of aldehydes is 1. The zero-order valence-electron chi connectivity index (χ0n) is 9.28. The number of carbonyl (C=O) groups excluding carboxylic acids is 2. The minimum atomic E-state index is -0.104. The lowest BCUT2D eigenvalue weighted by Gasteiger charge is -2.12. The fraction of sp³-hybridized carbons (Fsp3) is 0.778. The number of ketones is 1. The Morgan fingerprint density at radius 3 is 2.27 bits per heavy atom. The molecule has 88 valence electrons. The minimum Gasteiger partial charge on any atom is -0.310 e. The van der Waals surface area contributed by atoms with Gasteiger partial charge in [-0.05, 0) is 21.0 Å². The van der Waals surface area contributed by atoms with Crippen LogP contribution in [0.2, 0.25) is 0 Å². The Balaban J connectivity index is 3.60. The van der Waals surface area contributed by atoms with Crippen LogP contribution in [-0.4, -0.2) is 49.8 Å². The smallest absolute Gasteiger partial charge is 0.147 e. The van der Waals surface area contributed by atoms with E-state index in [0.717, 1.165) is 17.8 Å². The molecular weight excluding hydrogens is 232 g/mol. The fourth-order valence-corrected chi connectivity index (χ4v) is 3.38. The maximum atomic E-state index is 11.1. The summed E-state index contributed by atoms with van der Waals surface area (Å²) in [6.45, 7) is 1.58. The third kappa shape index (κ3) is 6.94. The first-order chi connectivity index (χ1) is 7.15. The van der Waals surface area contributed by atoms with Crippen molar-refractivity contribution in [1.29, 1.82) is 0 Å². The summed E-state index contributed by atoms with van der Waals surface area (Å²) in [5.41, 5.74) is 0. The van der Waals surface area contributed by atoms with Crippen molar-refractivity contribution in [1.82, 2.24) is 10.6 Å². The van der Waals surface area contributed by atoms with Crippen LogP contribution in [0.4, 0.5) is 0 Å². The van der Waals surface area contributed by atoms with Gasteiger partial charge in [0, 0.05) is 11.5 Å². The Morgan fingerprint density at radius 2 is 1.87 bits per heavy atom. The van der Waals surface area contributed by atoms with E-state index in [1.807, 2.05) is 0 Å². The zero-order chi connectivity index (χ0) is 11.7. The maximum Gasteiger partial charge on any atom is 0.147 e. The van der Waals surface area contributed by atoms with E-state index in [9.17, 15) is 9.59 Å². The molecule has 0 aromatic rings. The molecule has 0 bridgehead atoms. The van der Waals surface area contributed by atoms with Gasteiger partial charge in [0.2, 0.25) is 0 Å². The summed E-state index contributed by atoms with van der Waals surface area (Å²) in [4.78, 5) is 21.5. The third-order valence-electron chi connectivity index (χ3n) is 1.94. The molecule has 0 aliphatic heterocycles. The molecule has 0 amide bonds. The van der Waals surface area contributed by atoms with Crippen LogP contribution in [0, 0.1) is 0 Å². The molecule has 2 N–H and O–H groups in total. The van der Waals surface area contributed by atoms with Gasteiger partial charge in [0.1, 0.15) is 12.1 Å². The highest BCUT2D eigenvalue weighted by atomic mass is 33.1. The van der Waals surface area contributed by atoms with Gasteiger partial charge in [-0.25, -0.2) is 0 Å². The van der Waals surface area contributed by atoms with Crippen molar-refractivity contribution >= 4 is 33.7 Å². The second-order valence-electron chi connectivity index (χ2n) is 3.05. The highest BCUT2D eigenvalue weighted by molar-refractivity contribution is 8.76. The van der Waals surface area contributed by atoms with E-state index in [1.165, 1.54) is 0 Å². The van der Waals surface area contributed by atoms with Gasteiger partial charge in [0.05, 0.1) is 12.1 Å². The Hall–Kier alpha value is -0.0400. The predicted molar refractivity (Wildman–Crippen MR) is 67.4 cm³/mol. The Kier molecular flexibility index (Phi) is 9.18. The lowest BCUT2D eigenvalue weighted by molar-refractivity contribution is -0.118. The molecule has 0 aromatic heterocycles. The van der Waals surface area contributed by atoms with E-state index in [-0.39, 0.29) is 17.9 Å². The molecule has 0 aliphatic carbocycles. The van der Waals surface area contributed by atoms with E-state index in [1.54, 1.807) is 42.6 Å². The highest BCUT2D eigenvalue weighted by Crippen LogP contribution is 2.22. The predicted octanol–water partition coefficient (Wildman–Crippen LogP) is 0.332. The zero-order valence-corrected chi connectivity index (χ0v) is 10.9. The largest absolute Gasteiger partial charge is 0.310 e. The second kappa shape index (κ2) is 9.21. The fourth-order valence-electron chi connectivity index (χ4n) is 0.832. The van der Waals surface area contributed by atoms with Gasteiger partial charge in [-0.3, -0.25) is 4.79 Å². The molecule has 15 heavy (non-hydrogen) atoms. The van der Waals surface area contributed by atoms with Crippen LogP contribution in [0.5, 0.6) is 0 Å². The average Bonchev–Trinajstić information content (AvgIpc) is 2.23. The molecule has 2 unspecified atom stereocenters. The van der Waals surface area contributed by atoms with Crippen LogP contribution in [0.25, 0.3) is 0 Å². The monoisotopic (exact) mass is 250 g/mol. The van der Waals surface area contributed by atoms with Gasteiger partial charge in [-0.2, -0.15) is 0 Å². The molecule has 0 aliphatic rings. The van der Waals surface area contributed by atoms with Crippen LogP contribution in [0.15, 0.2) is 0 Å². The SMILES string of the molecule is CNC(C=O)CSSCC(NC)C(C)=O. The number of nitrogens with one attached hydrogen (secondary N) is 2. The van der Waals surface area contributed by atoms with Gasteiger partial charge in [0.15, 0.2) is 0 Å². The third-order valence-corrected chi connectivity index (χ3v) is 4.39. The van der Waals surface area contributed by atoms with Crippen molar-refractivity contribution < 1.29 is 9.59 Å². The van der Waals surface area contributed by atoms with Crippen LogP contribution >= 0.6 is 21.6 Å². The number of hydrogen-bond donors (Lipinski definition) is 2. The summed E-state index contributed by atoms with van der Waals surface area (Å²) in [5.74, 6) is 1.59. The van der Waals surface area contributed by atoms with Crippen molar-refractivity contribution in [2.45, 2.75) is 19.0 Å². The standard InChI is InChI=1S/C9H18N2O2S2/c1-7(13)9(11-3)6-15-14-5-8(4-12)10-2/h4,8-11H,5-6H2,1-3H3. The summed E-state index contributed by atoms with van der Waals surface area (Å²) < 4.78 is 0. The first kappa shape index (κ1) is 15.0. The van der Waals surface area contributed by atoms with E-state index in [2.05, 4.69) is 10.6 Å². The minimum absolute atomic E-state index is 0.0910. The molecule has 0 radical (unpaired) electrons. The molecule has 0 spiro atoms. The molecule has 0 heterocycles. The van der Waals surface area contributed by atoms with Crippen molar-refractivity contribution in [3.8, 4) is 0 Å². The molecular formula is C9H18N2O2S2. The van der Waals surface area contributed by atoms with E-state index >= 15 is 0 Å². The Labute approximate surface area is 98.7 Å². The van der Waals surface area contributed by atoms with E-state index in [4.69, 9.17) is 0 Å². The van der Waals surface area contributed by atoms with Crippen molar-refractivity contribution in [3.05, 3.63) is 0 Å². The Morgan fingerprint density at radius 1 is 1.27 bits per heavy atom. The highest BCUT2D eigenvalue weighted by Gasteiger charge is 2.12. The average molecular weight is 250 g/mol. The number of rotatable bonds is 9. The lowest BCUT2D eigenvalue weighted by Crippen LogP contribution is -2.34. The first-order valence-corrected chi connectivity index (χ1v) is 7.19. The molecule has 2 atom stereocenters. The molecule has 6 heteroatoms. The van der Waals surface area contributed by atoms with Crippen molar-refractivity contribution in [3.63, 3.8) is 0 Å². The summed E-state index contributed by atoms with van der Waals surface area (Å²) in [6.07, 6.45) is 0.897. The number of likely N-dealkylation sites (N-methyl/N-ethyl adjacent to an activating group) is 2. The van der Waals surface area contributed by atoms with Crippen LogP contribution in [-0.2, 0) is 9.59 Å². The van der Waals surface area contributed by atoms with Crippen molar-refractivity contribution in [2.75, 3.05) is 25.6 Å². The van der Waals surface area contributed by atoms with Gasteiger partial charge in [-0.15, -0.1) is 0 Å². The van der Waals surface area contributed by atoms with Crippen LogP contribution in [0.3, 0.4) is 0 Å². The molecule has 0 saturated carbocycles. The first-order valence-electron chi connectivity index (χ1n) is 4.70. The van der Waals surface area contributed by atoms with Gasteiger partial charge in [-0.1, -0.05) is 21.6 Å². The van der Waals surface area contributed by atoms with Crippen LogP contribution in [0.1, 0.15) is 6.92 Å². The number of hydrogen-bond acceptors (Lipinski definition) is 6. The van der Waals surface area contributed by atoms with Crippen molar-refractivity contribution in [2.24, 2.45) is 0 Å². The number of Topliss-reactive ketones (excluding diaryl/α,β-unsaturated/α-hetero) is 1. The summed E-state index contributed by atoms with van der Waals surface area (Å²) in [7, 11) is 6.75. The topological polar surface area (TPSA) is 58.2 Å². The van der Waals surface area contributed by atoms with Gasteiger partial charge < -0.3 is 15.4 Å². The quantitative estimate of drug-likeness (QED) is 0.349. The second-order valence-corrected chi connectivity index (χ2v) is 5.60. The van der Waals surface area contributed by atoms with Gasteiger partial charge in [0.25, 0.3) is 0 Å². The molecule has 0 fully saturated rings. The number of carbonyl (C=O) groups is 2. The Bertz CT molecular complexity index is 203. The van der Waals surface area contributed by atoms with E-state index in [0.29, 0.717) is 0 Å². The maximum absolute atomic E-state index is 11.1. The normalized spacial score (nSPS) is 14.6. The summed E-state index contributed by atoms with van der Waals surface area (Å²) >= 11 is 0. The molecule has 0 saturated heterocycles. The lowest BCUT2D eigenvalue weighted by atomic mass is 10.2. The van der Waals surface area contributed by atoms with Gasteiger partial charge >= 0.3 is 0 Å². The summed E-state index contributed by atoms with van der Waals surface area (Å²) in [6, 6.07) is -0.195. The molecule has 4 nitrogen and oxygen atoms in total. The van der Waals surface area contributed by atoms with E-state index < -0.39 is 0 Å². The summed E-state index contributed by atoms with van der Waals surface area (Å²) in [5, 5.41) is 5.84.